The van der Waals surface area contributed by atoms with Gasteiger partial charge in [-0.15, -0.1) is 0 Å². The minimum Gasteiger partial charge on any atom is -0.396 e. The topological polar surface area (TPSA) is 69.6 Å². The first-order chi connectivity index (χ1) is 7.49. The molecule has 0 unspecified atom stereocenters. The zero-order valence-electron chi connectivity index (χ0n) is 9.65. The summed E-state index contributed by atoms with van der Waals surface area (Å²) in [7, 11) is 0. The van der Waals surface area contributed by atoms with Crippen LogP contribution < -0.4 is 5.32 Å². The lowest BCUT2D eigenvalue weighted by molar-refractivity contribution is -0.130. The summed E-state index contributed by atoms with van der Waals surface area (Å²) in [5.41, 5.74) is -0.771. The Hall–Kier alpha value is -0.750. The van der Waals surface area contributed by atoms with Crippen LogP contribution >= 0.6 is 11.8 Å². The van der Waals surface area contributed by atoms with Crippen LogP contribution in [0, 0.1) is 0 Å². The molecule has 0 spiro atoms. The quantitative estimate of drug-likeness (QED) is 0.527. The Kier molecular flexibility index (Phi) is 4.61. The third-order valence-electron chi connectivity index (χ3n) is 2.35. The molecule has 1 heterocycles. The Morgan fingerprint density at radius 2 is 2.06 bits per heavy atom. The maximum Gasteiger partial charge on any atom is 0.325 e. The van der Waals surface area contributed by atoms with E-state index in [9.17, 15) is 9.59 Å². The van der Waals surface area contributed by atoms with Crippen LogP contribution in [0.3, 0.4) is 0 Å². The molecule has 1 rings (SSSR count). The molecule has 1 aliphatic rings. The molecule has 1 fully saturated rings. The number of nitrogens with zero attached hydrogens (tertiary/aromatic N) is 1. The normalized spacial score (nSPS) is 19.1. The van der Waals surface area contributed by atoms with Crippen molar-refractivity contribution in [3.8, 4) is 0 Å². The fourth-order valence-corrected chi connectivity index (χ4v) is 2.29. The molecule has 1 saturated heterocycles. The smallest absolute Gasteiger partial charge is 0.325 e. The van der Waals surface area contributed by atoms with Gasteiger partial charge in [0.2, 0.25) is 0 Å². The number of imide groups is 1. The average Bonchev–Trinajstić information content (AvgIpc) is 2.39. The van der Waals surface area contributed by atoms with Crippen molar-refractivity contribution in [1.29, 1.82) is 0 Å². The summed E-state index contributed by atoms with van der Waals surface area (Å²) >= 11 is 1.64. The van der Waals surface area contributed by atoms with E-state index < -0.39 is 5.54 Å². The lowest BCUT2D eigenvalue weighted by atomic mass is 10.1. The number of rotatable bonds is 6. The molecule has 5 nitrogen and oxygen atoms in total. The predicted molar refractivity (Wildman–Crippen MR) is 63.4 cm³/mol. The SMILES string of the molecule is CC1(C)NC(=O)N(CCSCCCO)C1=O. The average molecular weight is 246 g/mol. The zero-order valence-corrected chi connectivity index (χ0v) is 10.5. The van der Waals surface area contributed by atoms with Crippen molar-refractivity contribution >= 4 is 23.7 Å². The highest BCUT2D eigenvalue weighted by Gasteiger charge is 2.43. The number of carbonyl (C=O) groups is 2. The molecule has 6 heteroatoms. The minimum atomic E-state index is -0.771. The van der Waals surface area contributed by atoms with Crippen LogP contribution in [0.4, 0.5) is 4.79 Å². The van der Waals surface area contributed by atoms with Crippen molar-refractivity contribution in [2.45, 2.75) is 25.8 Å². The number of thioether (sulfide) groups is 1. The standard InChI is InChI=1S/C10H18N2O3S/c1-10(2)8(14)12(9(15)11-10)4-7-16-6-3-5-13/h13H,3-7H2,1-2H3,(H,11,15). The molecule has 0 bridgehead atoms. The van der Waals surface area contributed by atoms with E-state index in [1.165, 1.54) is 4.90 Å². The molecular formula is C10H18N2O3S. The van der Waals surface area contributed by atoms with Gasteiger partial charge in [0.1, 0.15) is 5.54 Å². The molecular weight excluding hydrogens is 228 g/mol. The monoisotopic (exact) mass is 246 g/mol. The summed E-state index contributed by atoms with van der Waals surface area (Å²) < 4.78 is 0. The van der Waals surface area contributed by atoms with Gasteiger partial charge in [0, 0.05) is 18.9 Å². The number of aliphatic hydroxyl groups excluding tert-OH is 1. The summed E-state index contributed by atoms with van der Waals surface area (Å²) in [6.45, 7) is 4.02. The lowest BCUT2D eigenvalue weighted by Gasteiger charge is -2.15. The second-order valence-electron chi connectivity index (χ2n) is 4.20. The largest absolute Gasteiger partial charge is 0.396 e. The zero-order chi connectivity index (χ0) is 12.2. The Labute approximate surface area is 99.6 Å². The highest BCUT2D eigenvalue weighted by Crippen LogP contribution is 2.17. The van der Waals surface area contributed by atoms with Gasteiger partial charge in [0.05, 0.1) is 0 Å². The molecule has 2 N–H and O–H groups in total. The molecule has 0 aliphatic carbocycles. The van der Waals surface area contributed by atoms with Crippen molar-refractivity contribution in [2.24, 2.45) is 0 Å². The second-order valence-corrected chi connectivity index (χ2v) is 5.43. The van der Waals surface area contributed by atoms with Gasteiger partial charge in [-0.05, 0) is 26.0 Å². The van der Waals surface area contributed by atoms with Crippen LogP contribution in [0.1, 0.15) is 20.3 Å². The van der Waals surface area contributed by atoms with Gasteiger partial charge in [-0.3, -0.25) is 9.69 Å². The van der Waals surface area contributed by atoms with Crippen LogP contribution in [0.2, 0.25) is 0 Å². The maximum atomic E-state index is 11.8. The Bertz CT molecular complexity index is 281. The van der Waals surface area contributed by atoms with Crippen LogP contribution in [0.25, 0.3) is 0 Å². The van der Waals surface area contributed by atoms with Crippen LogP contribution in [-0.4, -0.2) is 52.1 Å². The predicted octanol–water partition coefficient (Wildman–Crippen LogP) is 0.432. The number of hydrogen-bond acceptors (Lipinski definition) is 4. The van der Waals surface area contributed by atoms with Crippen LogP contribution in [0.15, 0.2) is 0 Å². The number of amides is 3. The maximum absolute atomic E-state index is 11.8. The van der Waals surface area contributed by atoms with Gasteiger partial charge in [-0.2, -0.15) is 11.8 Å². The molecule has 92 valence electrons. The lowest BCUT2D eigenvalue weighted by Crippen LogP contribution is -2.40. The van der Waals surface area contributed by atoms with Gasteiger partial charge < -0.3 is 10.4 Å². The number of hydrogen-bond donors (Lipinski definition) is 2. The van der Waals surface area contributed by atoms with E-state index in [0.717, 1.165) is 17.9 Å². The first-order valence-corrected chi connectivity index (χ1v) is 6.47. The molecule has 0 atom stereocenters. The molecule has 0 aromatic carbocycles. The molecule has 0 aromatic heterocycles. The number of nitrogens with one attached hydrogen (secondary N) is 1. The number of urea groups is 1. The van der Waals surface area contributed by atoms with Crippen molar-refractivity contribution in [2.75, 3.05) is 24.7 Å². The van der Waals surface area contributed by atoms with Crippen molar-refractivity contribution in [3.63, 3.8) is 0 Å². The molecule has 16 heavy (non-hydrogen) atoms. The first-order valence-electron chi connectivity index (χ1n) is 5.32. The van der Waals surface area contributed by atoms with E-state index in [-0.39, 0.29) is 18.5 Å². The third kappa shape index (κ3) is 3.12. The van der Waals surface area contributed by atoms with E-state index >= 15 is 0 Å². The fourth-order valence-electron chi connectivity index (χ4n) is 1.45. The Balaban J connectivity index is 2.32. The highest BCUT2D eigenvalue weighted by molar-refractivity contribution is 7.99. The summed E-state index contributed by atoms with van der Waals surface area (Å²) in [5, 5.41) is 11.2. The molecule has 0 saturated carbocycles. The minimum absolute atomic E-state index is 0.166. The fraction of sp³-hybridized carbons (Fsp3) is 0.800. The van der Waals surface area contributed by atoms with E-state index in [1.54, 1.807) is 25.6 Å². The number of carbonyl (C=O) groups excluding carboxylic acids is 2. The molecule has 3 amide bonds. The highest BCUT2D eigenvalue weighted by atomic mass is 32.2. The van der Waals surface area contributed by atoms with Gasteiger partial charge >= 0.3 is 6.03 Å². The number of aliphatic hydroxyl groups is 1. The van der Waals surface area contributed by atoms with Gasteiger partial charge in [-0.25, -0.2) is 4.79 Å². The van der Waals surface area contributed by atoms with Crippen molar-refractivity contribution in [3.05, 3.63) is 0 Å². The summed E-state index contributed by atoms with van der Waals surface area (Å²) in [6.07, 6.45) is 0.746. The van der Waals surface area contributed by atoms with Crippen molar-refractivity contribution < 1.29 is 14.7 Å². The molecule has 1 aliphatic heterocycles. The van der Waals surface area contributed by atoms with Crippen LogP contribution in [0.5, 0.6) is 0 Å². The van der Waals surface area contributed by atoms with Gasteiger partial charge in [-0.1, -0.05) is 0 Å². The van der Waals surface area contributed by atoms with Gasteiger partial charge in [0.15, 0.2) is 0 Å². The van der Waals surface area contributed by atoms with Crippen molar-refractivity contribution in [1.82, 2.24) is 10.2 Å². The second kappa shape index (κ2) is 5.54. The summed E-state index contributed by atoms with van der Waals surface area (Å²) in [5.74, 6) is 1.40. The van der Waals surface area contributed by atoms with Crippen LogP contribution in [-0.2, 0) is 4.79 Å². The summed E-state index contributed by atoms with van der Waals surface area (Å²) in [4.78, 5) is 24.5. The summed E-state index contributed by atoms with van der Waals surface area (Å²) in [6, 6.07) is -0.308. The Morgan fingerprint density at radius 1 is 1.38 bits per heavy atom. The van der Waals surface area contributed by atoms with E-state index in [4.69, 9.17) is 5.11 Å². The molecule has 0 aromatic rings. The molecule has 0 radical (unpaired) electrons. The Morgan fingerprint density at radius 3 is 2.56 bits per heavy atom. The van der Waals surface area contributed by atoms with E-state index in [1.807, 2.05) is 0 Å². The van der Waals surface area contributed by atoms with Gasteiger partial charge in [0.25, 0.3) is 5.91 Å². The first kappa shape index (κ1) is 13.3. The third-order valence-corrected chi connectivity index (χ3v) is 3.40. The van der Waals surface area contributed by atoms with E-state index in [2.05, 4.69) is 5.32 Å². The van der Waals surface area contributed by atoms with E-state index in [0.29, 0.717) is 6.54 Å².